The quantitative estimate of drug-likeness (QED) is 0.430. The molecular formula is C11H12ClN5O2. The number of benzene rings is 1. The first kappa shape index (κ1) is 14.6. The van der Waals surface area contributed by atoms with Crippen LogP contribution in [-0.4, -0.2) is 25.8 Å². The minimum atomic E-state index is -0.435. The highest BCUT2D eigenvalue weighted by Crippen LogP contribution is 2.35. The first-order valence-electron chi connectivity index (χ1n) is 5.03. The molecule has 0 aliphatic heterocycles. The van der Waals surface area contributed by atoms with Crippen LogP contribution in [0.2, 0.25) is 5.02 Å². The molecule has 0 aliphatic carbocycles. The number of halogens is 1. The summed E-state index contributed by atoms with van der Waals surface area (Å²) < 4.78 is 10.2. The van der Waals surface area contributed by atoms with Gasteiger partial charge in [0.25, 0.3) is 0 Å². The summed E-state index contributed by atoms with van der Waals surface area (Å²) in [5.41, 5.74) is 7.94. The Hall–Kier alpha value is -2.46. The average Bonchev–Trinajstić information content (AvgIpc) is 2.39. The van der Waals surface area contributed by atoms with Gasteiger partial charge in [-0.1, -0.05) is 11.6 Å². The Morgan fingerprint density at radius 3 is 2.53 bits per heavy atom. The number of anilines is 1. The molecule has 1 rings (SSSR count). The van der Waals surface area contributed by atoms with Crippen molar-refractivity contribution in [2.24, 2.45) is 10.8 Å². The predicted molar refractivity (Wildman–Crippen MR) is 73.1 cm³/mol. The summed E-state index contributed by atoms with van der Waals surface area (Å²) in [5, 5.41) is 19.9. The van der Waals surface area contributed by atoms with Crippen LogP contribution < -0.4 is 20.6 Å². The molecule has 0 radical (unpaired) electrons. The van der Waals surface area contributed by atoms with Gasteiger partial charge in [0.2, 0.25) is 5.71 Å². The molecule has 0 saturated heterocycles. The fraction of sp³-hybridized carbons (Fsp3) is 0.182. The van der Waals surface area contributed by atoms with E-state index in [1.165, 1.54) is 20.3 Å². The summed E-state index contributed by atoms with van der Waals surface area (Å²) in [6.45, 7) is 0. The zero-order valence-electron chi connectivity index (χ0n) is 10.3. The number of hydrogen-bond acceptors (Lipinski definition) is 6. The molecule has 8 heteroatoms. The predicted octanol–water partition coefficient (Wildman–Crippen LogP) is 1.58. The van der Waals surface area contributed by atoms with Gasteiger partial charge in [-0.25, -0.2) is 0 Å². The van der Waals surface area contributed by atoms with Crippen molar-refractivity contribution >= 4 is 28.8 Å². The van der Waals surface area contributed by atoms with Crippen molar-refractivity contribution in [2.45, 2.75) is 0 Å². The van der Waals surface area contributed by atoms with Crippen molar-refractivity contribution in [1.82, 2.24) is 0 Å². The SMILES string of the molecule is COc1cc(N/N=C(\C#N)C(=N)N)c(OC)cc1Cl. The standard InChI is InChI=1S/C11H12ClN5O2/c1-18-9-4-7(10(19-2)3-6(9)12)16-17-8(5-13)11(14)15/h3-4,16H,1-2H3,(H3,14,15)/b17-8+. The lowest BCUT2D eigenvalue weighted by Crippen LogP contribution is -2.21. The van der Waals surface area contributed by atoms with Crippen molar-refractivity contribution in [2.75, 3.05) is 19.6 Å². The smallest absolute Gasteiger partial charge is 0.201 e. The Balaban J connectivity index is 3.13. The maximum atomic E-state index is 8.73. The molecule has 100 valence electrons. The lowest BCUT2D eigenvalue weighted by atomic mass is 10.3. The third-order valence-electron chi connectivity index (χ3n) is 2.12. The number of methoxy groups -OCH3 is 2. The molecule has 1 aromatic carbocycles. The van der Waals surface area contributed by atoms with Crippen molar-refractivity contribution in [1.29, 1.82) is 10.7 Å². The van der Waals surface area contributed by atoms with Crippen LogP contribution in [0.15, 0.2) is 17.2 Å². The van der Waals surface area contributed by atoms with E-state index in [9.17, 15) is 0 Å². The molecule has 0 spiro atoms. The summed E-state index contributed by atoms with van der Waals surface area (Å²) in [5.74, 6) is 0.395. The van der Waals surface area contributed by atoms with E-state index in [1.807, 2.05) is 0 Å². The van der Waals surface area contributed by atoms with Crippen LogP contribution in [0.1, 0.15) is 0 Å². The lowest BCUT2D eigenvalue weighted by molar-refractivity contribution is 0.405. The number of nitrogens with two attached hydrogens (primary N) is 1. The first-order chi connectivity index (χ1) is 9.03. The molecule has 0 aromatic heterocycles. The van der Waals surface area contributed by atoms with Gasteiger partial charge in [-0.15, -0.1) is 0 Å². The lowest BCUT2D eigenvalue weighted by Gasteiger charge is -2.11. The van der Waals surface area contributed by atoms with E-state index in [2.05, 4.69) is 10.5 Å². The highest BCUT2D eigenvalue weighted by molar-refractivity contribution is 6.45. The normalized spacial score (nSPS) is 10.5. The van der Waals surface area contributed by atoms with Crippen LogP contribution in [0.25, 0.3) is 0 Å². The van der Waals surface area contributed by atoms with E-state index in [1.54, 1.807) is 12.1 Å². The number of hydrogen-bond donors (Lipinski definition) is 3. The second-order valence-corrected chi connectivity index (χ2v) is 3.69. The van der Waals surface area contributed by atoms with Crippen LogP contribution in [0.4, 0.5) is 5.69 Å². The van der Waals surface area contributed by atoms with Gasteiger partial charge < -0.3 is 15.2 Å². The van der Waals surface area contributed by atoms with Gasteiger partial charge in [-0.05, 0) is 0 Å². The Morgan fingerprint density at radius 2 is 2.05 bits per heavy atom. The number of nitrogens with one attached hydrogen (secondary N) is 2. The van der Waals surface area contributed by atoms with E-state index in [0.29, 0.717) is 22.2 Å². The summed E-state index contributed by atoms with van der Waals surface area (Å²) >= 11 is 5.95. The maximum absolute atomic E-state index is 8.73. The van der Waals surface area contributed by atoms with Gasteiger partial charge >= 0.3 is 0 Å². The molecule has 0 aliphatic rings. The Morgan fingerprint density at radius 1 is 1.42 bits per heavy atom. The molecule has 0 bridgehead atoms. The Labute approximate surface area is 115 Å². The van der Waals surface area contributed by atoms with Gasteiger partial charge in [-0.3, -0.25) is 10.8 Å². The summed E-state index contributed by atoms with van der Waals surface area (Å²) in [4.78, 5) is 0. The zero-order chi connectivity index (χ0) is 14.4. The zero-order valence-corrected chi connectivity index (χ0v) is 11.1. The van der Waals surface area contributed by atoms with Gasteiger partial charge in [0.1, 0.15) is 23.3 Å². The van der Waals surface area contributed by atoms with Crippen molar-refractivity contribution in [3.8, 4) is 17.6 Å². The van der Waals surface area contributed by atoms with Crippen LogP contribution in [0, 0.1) is 16.7 Å². The first-order valence-corrected chi connectivity index (χ1v) is 5.41. The molecule has 0 amide bonds. The van der Waals surface area contributed by atoms with Gasteiger partial charge in [0.15, 0.2) is 5.84 Å². The third-order valence-corrected chi connectivity index (χ3v) is 2.42. The molecule has 19 heavy (non-hydrogen) atoms. The summed E-state index contributed by atoms with van der Waals surface area (Å²) in [6, 6.07) is 4.78. The molecule has 0 fully saturated rings. The van der Waals surface area contributed by atoms with Crippen LogP contribution >= 0.6 is 11.6 Å². The third kappa shape index (κ3) is 3.50. The Bertz CT molecular complexity index is 565. The number of hydrazone groups is 1. The number of rotatable bonds is 5. The largest absolute Gasteiger partial charge is 0.495 e. The second-order valence-electron chi connectivity index (χ2n) is 3.28. The topological polar surface area (TPSA) is 117 Å². The van der Waals surface area contributed by atoms with E-state index in [0.717, 1.165) is 0 Å². The van der Waals surface area contributed by atoms with E-state index in [-0.39, 0.29) is 5.71 Å². The second kappa shape index (κ2) is 6.47. The monoisotopic (exact) mass is 281 g/mol. The van der Waals surface area contributed by atoms with Crippen LogP contribution in [0.5, 0.6) is 11.5 Å². The molecule has 0 heterocycles. The fourth-order valence-corrected chi connectivity index (χ4v) is 1.44. The van der Waals surface area contributed by atoms with Gasteiger partial charge in [0.05, 0.1) is 19.2 Å². The van der Waals surface area contributed by atoms with Crippen molar-refractivity contribution in [3.63, 3.8) is 0 Å². The van der Waals surface area contributed by atoms with Crippen molar-refractivity contribution < 1.29 is 9.47 Å². The number of nitrogens with zero attached hydrogens (tertiary/aromatic N) is 2. The highest BCUT2D eigenvalue weighted by atomic mass is 35.5. The molecular weight excluding hydrogens is 270 g/mol. The molecule has 1 aromatic rings. The number of amidine groups is 1. The minimum Gasteiger partial charge on any atom is -0.495 e. The minimum absolute atomic E-state index is 0.240. The molecule has 0 saturated carbocycles. The highest BCUT2D eigenvalue weighted by Gasteiger charge is 2.10. The number of nitriles is 1. The van der Waals surface area contributed by atoms with E-state index >= 15 is 0 Å². The van der Waals surface area contributed by atoms with E-state index < -0.39 is 5.84 Å². The van der Waals surface area contributed by atoms with E-state index in [4.69, 9.17) is 37.5 Å². The molecule has 0 unspecified atom stereocenters. The summed E-state index contributed by atoms with van der Waals surface area (Å²) in [7, 11) is 2.93. The number of ether oxygens (including phenoxy) is 2. The molecule has 7 nitrogen and oxygen atoms in total. The van der Waals surface area contributed by atoms with Gasteiger partial charge in [0, 0.05) is 12.1 Å². The fourth-order valence-electron chi connectivity index (χ4n) is 1.21. The Kier molecular flexibility index (Phi) is 4.97. The molecule has 0 atom stereocenters. The van der Waals surface area contributed by atoms with Gasteiger partial charge in [-0.2, -0.15) is 10.4 Å². The van der Waals surface area contributed by atoms with Crippen LogP contribution in [-0.2, 0) is 0 Å². The van der Waals surface area contributed by atoms with Crippen molar-refractivity contribution in [3.05, 3.63) is 17.2 Å². The maximum Gasteiger partial charge on any atom is 0.201 e. The molecule has 4 N–H and O–H groups in total. The van der Waals surface area contributed by atoms with Crippen LogP contribution in [0.3, 0.4) is 0 Å². The average molecular weight is 282 g/mol. The summed E-state index contributed by atoms with van der Waals surface area (Å²) in [6.07, 6.45) is 0.